The molecule has 0 bridgehead atoms. The van der Waals surface area contributed by atoms with Gasteiger partial charge >= 0.3 is 0 Å². The third-order valence-corrected chi connectivity index (χ3v) is 7.88. The maximum atomic E-state index is 12.6. The molecule has 0 fully saturated rings. The molecule has 2 rings (SSSR count). The van der Waals surface area contributed by atoms with E-state index in [1.807, 2.05) is 30.3 Å². The standard InChI is InChI=1S/C27H39NO3S/c29-24-28-21-15-11-9-7-5-3-1-2-4-6-8-10-12-16-22-32(30,31)27-20-19-25-17-13-14-18-26(25)23-27/h13-14,17-20,23H,1-12,15-16,21-22H2. The lowest BCUT2D eigenvalue weighted by Gasteiger charge is -2.06. The molecule has 0 N–H and O–H groups in total. The lowest BCUT2D eigenvalue weighted by molar-refractivity contribution is 0.534. The number of sulfone groups is 1. The second-order valence-corrected chi connectivity index (χ2v) is 10.9. The van der Waals surface area contributed by atoms with Crippen molar-refractivity contribution in [2.45, 2.75) is 94.8 Å². The Bertz CT molecular complexity index is 933. The Morgan fingerprint density at radius 2 is 1.12 bits per heavy atom. The summed E-state index contributed by atoms with van der Waals surface area (Å²) in [6.45, 7) is 0.629. The molecule has 0 aromatic heterocycles. The third kappa shape index (κ3) is 10.6. The van der Waals surface area contributed by atoms with E-state index < -0.39 is 9.84 Å². The van der Waals surface area contributed by atoms with Crippen molar-refractivity contribution < 1.29 is 13.2 Å². The van der Waals surface area contributed by atoms with E-state index in [0.717, 1.165) is 42.9 Å². The first-order chi connectivity index (χ1) is 15.6. The highest BCUT2D eigenvalue weighted by atomic mass is 32.2. The van der Waals surface area contributed by atoms with E-state index in [0.29, 0.717) is 11.4 Å². The normalized spacial score (nSPS) is 11.5. The van der Waals surface area contributed by atoms with Crippen molar-refractivity contribution in [3.05, 3.63) is 42.5 Å². The van der Waals surface area contributed by atoms with Crippen LogP contribution >= 0.6 is 0 Å². The minimum Gasteiger partial charge on any atom is -0.224 e. The van der Waals surface area contributed by atoms with Crippen molar-refractivity contribution in [2.75, 3.05) is 12.3 Å². The van der Waals surface area contributed by atoms with Gasteiger partial charge in [-0.3, -0.25) is 0 Å². The molecular weight excluding hydrogens is 418 g/mol. The molecule has 32 heavy (non-hydrogen) atoms. The molecule has 0 aliphatic carbocycles. The van der Waals surface area contributed by atoms with Gasteiger partial charge in [-0.25, -0.2) is 18.2 Å². The average molecular weight is 458 g/mol. The van der Waals surface area contributed by atoms with Crippen LogP contribution in [0.2, 0.25) is 0 Å². The summed E-state index contributed by atoms with van der Waals surface area (Å²) in [5.41, 5.74) is 0. The number of rotatable bonds is 18. The van der Waals surface area contributed by atoms with Crippen molar-refractivity contribution in [2.24, 2.45) is 4.99 Å². The fraction of sp³-hybridized carbons (Fsp3) is 0.593. The van der Waals surface area contributed by atoms with Gasteiger partial charge in [-0.1, -0.05) is 107 Å². The molecule has 2 aromatic carbocycles. The minimum atomic E-state index is -3.19. The van der Waals surface area contributed by atoms with Gasteiger partial charge in [0.15, 0.2) is 9.84 Å². The zero-order valence-corrected chi connectivity index (χ0v) is 20.3. The van der Waals surface area contributed by atoms with Gasteiger partial charge in [-0.2, -0.15) is 0 Å². The smallest absolute Gasteiger partial charge is 0.224 e. The van der Waals surface area contributed by atoms with Gasteiger partial charge in [-0.15, -0.1) is 0 Å². The van der Waals surface area contributed by atoms with E-state index in [2.05, 4.69) is 4.99 Å². The van der Waals surface area contributed by atoms with Crippen LogP contribution in [0.5, 0.6) is 0 Å². The Morgan fingerprint density at radius 3 is 1.69 bits per heavy atom. The van der Waals surface area contributed by atoms with Crippen molar-refractivity contribution in [1.82, 2.24) is 0 Å². The van der Waals surface area contributed by atoms with E-state index in [1.165, 1.54) is 57.8 Å². The Morgan fingerprint density at radius 1 is 0.625 bits per heavy atom. The number of isocyanates is 1. The van der Waals surface area contributed by atoms with Crippen molar-refractivity contribution in [3.63, 3.8) is 0 Å². The molecule has 0 spiro atoms. The zero-order valence-electron chi connectivity index (χ0n) is 19.4. The van der Waals surface area contributed by atoms with E-state index in [-0.39, 0.29) is 5.75 Å². The van der Waals surface area contributed by atoms with Crippen LogP contribution in [0.3, 0.4) is 0 Å². The first kappa shape index (κ1) is 26.3. The highest BCUT2D eigenvalue weighted by molar-refractivity contribution is 7.91. The average Bonchev–Trinajstić information content (AvgIpc) is 2.80. The lowest BCUT2D eigenvalue weighted by Crippen LogP contribution is -2.06. The van der Waals surface area contributed by atoms with Crippen LogP contribution in [-0.2, 0) is 14.6 Å². The maximum Gasteiger partial charge on any atom is 0.234 e. The SMILES string of the molecule is O=C=NCCCCCCCCCCCCCCCCS(=O)(=O)c1ccc2ccccc2c1. The van der Waals surface area contributed by atoms with Crippen LogP contribution < -0.4 is 0 Å². The maximum absolute atomic E-state index is 12.6. The lowest BCUT2D eigenvalue weighted by atomic mass is 10.0. The zero-order chi connectivity index (χ0) is 22.9. The second-order valence-electron chi connectivity index (χ2n) is 8.75. The number of fused-ring (bicyclic) bond motifs is 1. The monoisotopic (exact) mass is 457 g/mol. The van der Waals surface area contributed by atoms with Gasteiger partial charge in [0.25, 0.3) is 0 Å². The molecule has 176 valence electrons. The summed E-state index contributed by atoms with van der Waals surface area (Å²) in [5.74, 6) is 0.246. The predicted molar refractivity (Wildman–Crippen MR) is 134 cm³/mol. The number of unbranched alkanes of at least 4 members (excludes halogenated alkanes) is 13. The first-order valence-electron chi connectivity index (χ1n) is 12.4. The van der Waals surface area contributed by atoms with E-state index in [9.17, 15) is 13.2 Å². The highest BCUT2D eigenvalue weighted by Gasteiger charge is 2.14. The minimum absolute atomic E-state index is 0.246. The molecular formula is C27H39NO3S. The summed E-state index contributed by atoms with van der Waals surface area (Å²) in [6, 6.07) is 13.3. The van der Waals surface area contributed by atoms with Gasteiger partial charge in [0, 0.05) is 0 Å². The third-order valence-electron chi connectivity index (χ3n) is 6.08. The fourth-order valence-electron chi connectivity index (χ4n) is 4.13. The quantitative estimate of drug-likeness (QED) is 0.133. The molecule has 0 atom stereocenters. The van der Waals surface area contributed by atoms with Crippen LogP contribution in [0.25, 0.3) is 10.8 Å². The highest BCUT2D eigenvalue weighted by Crippen LogP contribution is 2.21. The molecule has 4 nitrogen and oxygen atoms in total. The van der Waals surface area contributed by atoms with Crippen LogP contribution in [0.15, 0.2) is 52.4 Å². The Labute approximate surface area is 194 Å². The fourth-order valence-corrected chi connectivity index (χ4v) is 5.53. The number of aliphatic imine (C=N–C) groups is 1. The van der Waals surface area contributed by atoms with Gasteiger partial charge in [0.1, 0.15) is 0 Å². The summed E-state index contributed by atoms with van der Waals surface area (Å²) in [6.07, 6.45) is 18.2. The van der Waals surface area contributed by atoms with Crippen LogP contribution in [0.1, 0.15) is 89.9 Å². The largest absolute Gasteiger partial charge is 0.234 e. The molecule has 5 heteroatoms. The molecule has 0 radical (unpaired) electrons. The topological polar surface area (TPSA) is 63.6 Å². The van der Waals surface area contributed by atoms with Crippen LogP contribution in [0, 0.1) is 0 Å². The summed E-state index contributed by atoms with van der Waals surface area (Å²) in [5, 5.41) is 2.05. The summed E-state index contributed by atoms with van der Waals surface area (Å²) >= 11 is 0. The Balaban J connectivity index is 1.43. The first-order valence-corrected chi connectivity index (χ1v) is 14.0. The number of carbonyl (C=O) groups excluding carboxylic acids is 1. The molecule has 0 saturated heterocycles. The molecule has 0 heterocycles. The molecule has 0 aliphatic rings. The van der Waals surface area contributed by atoms with E-state index >= 15 is 0 Å². The van der Waals surface area contributed by atoms with Crippen molar-refractivity contribution >= 4 is 26.7 Å². The predicted octanol–water partition coefficient (Wildman–Crippen LogP) is 7.41. The number of nitrogens with zero attached hydrogens (tertiary/aromatic N) is 1. The van der Waals surface area contributed by atoms with Crippen LogP contribution in [-0.4, -0.2) is 26.8 Å². The summed E-state index contributed by atoms with van der Waals surface area (Å²) < 4.78 is 25.2. The van der Waals surface area contributed by atoms with Crippen molar-refractivity contribution in [1.29, 1.82) is 0 Å². The number of hydrogen-bond acceptors (Lipinski definition) is 4. The molecule has 0 unspecified atom stereocenters. The van der Waals surface area contributed by atoms with Crippen LogP contribution in [0.4, 0.5) is 0 Å². The molecule has 0 amide bonds. The summed E-state index contributed by atoms with van der Waals surface area (Å²) in [4.78, 5) is 14.0. The van der Waals surface area contributed by atoms with E-state index in [1.54, 1.807) is 18.2 Å². The summed E-state index contributed by atoms with van der Waals surface area (Å²) in [7, 11) is -3.19. The number of hydrogen-bond donors (Lipinski definition) is 0. The second kappa shape index (κ2) is 15.8. The van der Waals surface area contributed by atoms with E-state index in [4.69, 9.17) is 0 Å². The van der Waals surface area contributed by atoms with Gasteiger partial charge < -0.3 is 0 Å². The van der Waals surface area contributed by atoms with Gasteiger partial charge in [0.2, 0.25) is 6.08 Å². The Hall–Kier alpha value is -1.97. The van der Waals surface area contributed by atoms with Crippen molar-refractivity contribution in [3.8, 4) is 0 Å². The Kier molecular flexibility index (Phi) is 13.0. The van der Waals surface area contributed by atoms with Gasteiger partial charge in [0.05, 0.1) is 17.2 Å². The number of benzene rings is 2. The van der Waals surface area contributed by atoms with Gasteiger partial charge in [-0.05, 0) is 35.7 Å². The molecule has 2 aromatic rings. The molecule has 0 aliphatic heterocycles. The molecule has 0 saturated carbocycles.